The molecular weight excluding hydrogens is 340 g/mol. The van der Waals surface area contributed by atoms with Crippen LogP contribution in [-0.4, -0.2) is 31.1 Å². The molecule has 0 atom stereocenters. The summed E-state index contributed by atoms with van der Waals surface area (Å²) in [6.07, 6.45) is 2.20. The fraction of sp³-hybridized carbons (Fsp3) is 0.150. The number of rotatable bonds is 4. The smallest absolute Gasteiger partial charge is 0.274 e. The zero-order chi connectivity index (χ0) is 18.2. The molecule has 2 aromatic heterocycles. The lowest BCUT2D eigenvalue weighted by Crippen LogP contribution is -2.13. The lowest BCUT2D eigenvalue weighted by molar-refractivity contribution is 0.102. The molecule has 132 valence electrons. The topological polar surface area (TPSA) is 85.6 Å². The van der Waals surface area contributed by atoms with Crippen molar-refractivity contribution < 1.29 is 4.79 Å². The summed E-state index contributed by atoms with van der Waals surface area (Å²) in [6, 6.07) is 19.3. The number of carbonyl (C=O) groups excluding carboxylic acids is 1. The van der Waals surface area contributed by atoms with Crippen LogP contribution in [0.3, 0.4) is 0 Å². The molecule has 1 amide bonds. The lowest BCUT2D eigenvalue weighted by Gasteiger charge is -2.08. The number of aromatic nitrogens is 5. The average molecular weight is 356 g/mol. The number of anilines is 1. The number of hydrogen-bond acceptors (Lipinski definition) is 5. The van der Waals surface area contributed by atoms with Crippen LogP contribution in [0.2, 0.25) is 0 Å². The summed E-state index contributed by atoms with van der Waals surface area (Å²) in [5.41, 5.74) is 2.72. The molecule has 1 fully saturated rings. The van der Waals surface area contributed by atoms with Gasteiger partial charge in [-0.05, 0) is 47.5 Å². The van der Waals surface area contributed by atoms with Gasteiger partial charge < -0.3 is 5.32 Å². The highest BCUT2D eigenvalue weighted by Gasteiger charge is 2.28. The van der Waals surface area contributed by atoms with E-state index < -0.39 is 0 Å². The number of carbonyl (C=O) groups is 1. The molecule has 1 aliphatic carbocycles. The van der Waals surface area contributed by atoms with Crippen molar-refractivity contribution in [3.63, 3.8) is 0 Å². The van der Waals surface area contributed by atoms with Crippen molar-refractivity contribution >= 4 is 22.5 Å². The molecule has 0 spiro atoms. The van der Waals surface area contributed by atoms with E-state index in [4.69, 9.17) is 0 Å². The van der Waals surface area contributed by atoms with Gasteiger partial charge in [0, 0.05) is 16.6 Å². The number of para-hydroxylation sites is 1. The molecule has 0 bridgehead atoms. The van der Waals surface area contributed by atoms with Gasteiger partial charge in [0.05, 0.1) is 11.6 Å². The summed E-state index contributed by atoms with van der Waals surface area (Å²) in [7, 11) is 0. The predicted molar refractivity (Wildman–Crippen MR) is 101 cm³/mol. The molecule has 1 N–H and O–H groups in total. The first-order valence-corrected chi connectivity index (χ1v) is 8.83. The van der Waals surface area contributed by atoms with E-state index in [1.54, 1.807) is 6.07 Å². The summed E-state index contributed by atoms with van der Waals surface area (Å²) in [6.45, 7) is 0. The molecule has 1 aliphatic rings. The maximum Gasteiger partial charge on any atom is 0.274 e. The lowest BCUT2D eigenvalue weighted by atomic mass is 10.1. The Balaban J connectivity index is 1.41. The highest BCUT2D eigenvalue weighted by molar-refractivity contribution is 6.04. The molecule has 0 saturated heterocycles. The van der Waals surface area contributed by atoms with Crippen LogP contribution in [0.15, 0.2) is 60.7 Å². The second kappa shape index (κ2) is 6.28. The Hall–Kier alpha value is -3.61. The molecule has 7 nitrogen and oxygen atoms in total. The normalized spacial score (nSPS) is 13.6. The Morgan fingerprint density at radius 3 is 2.81 bits per heavy atom. The van der Waals surface area contributed by atoms with E-state index in [0.29, 0.717) is 17.4 Å². The second-order valence-electron chi connectivity index (χ2n) is 6.60. The Bertz CT molecular complexity index is 1150. The van der Waals surface area contributed by atoms with E-state index in [2.05, 4.69) is 25.8 Å². The van der Waals surface area contributed by atoms with Crippen LogP contribution < -0.4 is 5.32 Å². The fourth-order valence-corrected chi connectivity index (χ4v) is 3.07. The van der Waals surface area contributed by atoms with Crippen molar-refractivity contribution in [2.45, 2.75) is 18.9 Å². The molecule has 0 unspecified atom stereocenters. The van der Waals surface area contributed by atoms with E-state index in [0.717, 1.165) is 35.1 Å². The van der Waals surface area contributed by atoms with Crippen molar-refractivity contribution in [1.82, 2.24) is 25.2 Å². The van der Waals surface area contributed by atoms with Gasteiger partial charge in [0.2, 0.25) is 0 Å². The summed E-state index contributed by atoms with van der Waals surface area (Å²) in [5, 5.41) is 15.9. The number of tetrazole rings is 1. The minimum absolute atomic E-state index is 0.250. The van der Waals surface area contributed by atoms with Crippen LogP contribution in [0, 0.1) is 0 Å². The van der Waals surface area contributed by atoms with E-state index in [1.807, 2.05) is 59.3 Å². The van der Waals surface area contributed by atoms with Crippen molar-refractivity contribution in [2.24, 2.45) is 0 Å². The highest BCUT2D eigenvalue weighted by atomic mass is 16.1. The van der Waals surface area contributed by atoms with Gasteiger partial charge in [0.1, 0.15) is 5.69 Å². The maximum absolute atomic E-state index is 12.6. The van der Waals surface area contributed by atoms with Gasteiger partial charge in [0.15, 0.2) is 5.82 Å². The SMILES string of the molecule is O=C(Nc1cccc(-c2nnnn2C2CC2)c1)c1ccc2ccccc2n1. The predicted octanol–water partition coefficient (Wildman–Crippen LogP) is 3.48. The van der Waals surface area contributed by atoms with Crippen LogP contribution >= 0.6 is 0 Å². The number of fused-ring (bicyclic) bond motifs is 1. The molecule has 27 heavy (non-hydrogen) atoms. The number of benzene rings is 2. The number of nitrogens with zero attached hydrogens (tertiary/aromatic N) is 5. The Labute approximate surface area is 155 Å². The molecule has 1 saturated carbocycles. The van der Waals surface area contributed by atoms with Crippen LogP contribution in [-0.2, 0) is 0 Å². The summed E-state index contributed by atoms with van der Waals surface area (Å²) in [5.74, 6) is 0.470. The van der Waals surface area contributed by atoms with Gasteiger partial charge in [-0.1, -0.05) is 36.4 Å². The molecular formula is C20H16N6O. The van der Waals surface area contributed by atoms with Gasteiger partial charge in [-0.2, -0.15) is 0 Å². The quantitative estimate of drug-likeness (QED) is 0.605. The van der Waals surface area contributed by atoms with Crippen LogP contribution in [0.4, 0.5) is 5.69 Å². The molecule has 0 aliphatic heterocycles. The van der Waals surface area contributed by atoms with Gasteiger partial charge >= 0.3 is 0 Å². The number of hydrogen-bond donors (Lipinski definition) is 1. The highest BCUT2D eigenvalue weighted by Crippen LogP contribution is 2.36. The van der Waals surface area contributed by atoms with Crippen molar-refractivity contribution in [3.8, 4) is 11.4 Å². The molecule has 7 heteroatoms. The molecule has 2 aromatic carbocycles. The van der Waals surface area contributed by atoms with Gasteiger partial charge in [-0.3, -0.25) is 4.79 Å². The monoisotopic (exact) mass is 356 g/mol. The average Bonchev–Trinajstić information content (AvgIpc) is 3.44. The third kappa shape index (κ3) is 3.03. The first-order valence-electron chi connectivity index (χ1n) is 8.83. The molecule has 2 heterocycles. The second-order valence-corrected chi connectivity index (χ2v) is 6.60. The largest absolute Gasteiger partial charge is 0.321 e. The first-order chi connectivity index (χ1) is 13.3. The number of amides is 1. The molecule has 5 rings (SSSR count). The number of nitrogens with one attached hydrogen (secondary N) is 1. The minimum Gasteiger partial charge on any atom is -0.321 e. The molecule has 0 radical (unpaired) electrons. The van der Waals surface area contributed by atoms with E-state index >= 15 is 0 Å². The van der Waals surface area contributed by atoms with Gasteiger partial charge in [0.25, 0.3) is 5.91 Å². The van der Waals surface area contributed by atoms with Crippen LogP contribution in [0.5, 0.6) is 0 Å². The van der Waals surface area contributed by atoms with Crippen molar-refractivity contribution in [2.75, 3.05) is 5.32 Å². The van der Waals surface area contributed by atoms with Gasteiger partial charge in [-0.25, -0.2) is 9.67 Å². The fourth-order valence-electron chi connectivity index (χ4n) is 3.07. The van der Waals surface area contributed by atoms with E-state index in [-0.39, 0.29) is 5.91 Å². The van der Waals surface area contributed by atoms with Crippen LogP contribution in [0.25, 0.3) is 22.3 Å². The number of pyridine rings is 1. The van der Waals surface area contributed by atoms with Crippen LogP contribution in [0.1, 0.15) is 29.4 Å². The first kappa shape index (κ1) is 15.6. The molecule has 4 aromatic rings. The summed E-state index contributed by atoms with van der Waals surface area (Å²) >= 11 is 0. The Kier molecular flexibility index (Phi) is 3.64. The van der Waals surface area contributed by atoms with Gasteiger partial charge in [-0.15, -0.1) is 5.10 Å². The Morgan fingerprint density at radius 1 is 1.04 bits per heavy atom. The minimum atomic E-state index is -0.250. The maximum atomic E-state index is 12.6. The van der Waals surface area contributed by atoms with E-state index in [9.17, 15) is 4.79 Å². The third-order valence-corrected chi connectivity index (χ3v) is 4.60. The Morgan fingerprint density at radius 2 is 1.93 bits per heavy atom. The standard InChI is InChI=1S/C20H16N6O/c27-20(18-11-8-13-4-1-2-7-17(13)22-18)21-15-6-3-5-14(12-15)19-23-24-25-26(19)16-9-10-16/h1-8,11-12,16H,9-10H2,(H,21,27). The zero-order valence-electron chi connectivity index (χ0n) is 14.4. The summed E-state index contributed by atoms with van der Waals surface area (Å²) in [4.78, 5) is 17.1. The zero-order valence-corrected chi connectivity index (χ0v) is 14.4. The van der Waals surface area contributed by atoms with Crippen molar-refractivity contribution in [1.29, 1.82) is 0 Å². The van der Waals surface area contributed by atoms with E-state index in [1.165, 1.54) is 0 Å². The summed E-state index contributed by atoms with van der Waals surface area (Å²) < 4.78 is 1.85. The van der Waals surface area contributed by atoms with Crippen molar-refractivity contribution in [3.05, 3.63) is 66.4 Å². The third-order valence-electron chi connectivity index (χ3n) is 4.60.